The minimum atomic E-state index is -0.822. The van der Waals surface area contributed by atoms with Crippen molar-refractivity contribution in [2.45, 2.75) is 38.5 Å². The number of hydrogen-bond acceptors (Lipinski definition) is 3. The van der Waals surface area contributed by atoms with Crippen molar-refractivity contribution in [3.63, 3.8) is 0 Å². The van der Waals surface area contributed by atoms with E-state index in [1.807, 2.05) is 24.3 Å². The van der Waals surface area contributed by atoms with Crippen molar-refractivity contribution in [2.24, 2.45) is 5.92 Å². The Morgan fingerprint density at radius 1 is 1.14 bits per heavy atom. The van der Waals surface area contributed by atoms with Crippen molar-refractivity contribution in [3.8, 4) is 5.75 Å². The first kappa shape index (κ1) is 15.4. The molecule has 0 aliphatic heterocycles. The van der Waals surface area contributed by atoms with E-state index in [0.717, 1.165) is 24.0 Å². The molecule has 0 radical (unpaired) electrons. The van der Waals surface area contributed by atoms with Crippen LogP contribution in [0.4, 0.5) is 5.69 Å². The average molecular weight is 291 g/mol. The van der Waals surface area contributed by atoms with Crippen molar-refractivity contribution in [1.29, 1.82) is 0 Å². The molecule has 5 heteroatoms. The number of carboxylic acids is 1. The maximum atomic E-state index is 11.7. The summed E-state index contributed by atoms with van der Waals surface area (Å²) in [6.07, 6.45) is 4.08. The Hall–Kier alpha value is -2.04. The van der Waals surface area contributed by atoms with Crippen LogP contribution in [0.15, 0.2) is 24.3 Å². The third-order valence-electron chi connectivity index (χ3n) is 3.37. The first-order valence-electron chi connectivity index (χ1n) is 7.38. The predicted molar refractivity (Wildman–Crippen MR) is 79.4 cm³/mol. The zero-order valence-electron chi connectivity index (χ0n) is 12.0. The lowest BCUT2D eigenvalue weighted by Gasteiger charge is -2.08. The summed E-state index contributed by atoms with van der Waals surface area (Å²) in [4.78, 5) is 22.0. The molecular weight excluding hydrogens is 270 g/mol. The van der Waals surface area contributed by atoms with Gasteiger partial charge in [-0.1, -0.05) is 0 Å². The largest absolute Gasteiger partial charge is 0.493 e. The zero-order valence-corrected chi connectivity index (χ0v) is 12.0. The van der Waals surface area contributed by atoms with Crippen LogP contribution in [0.3, 0.4) is 0 Å². The smallest absolute Gasteiger partial charge is 0.303 e. The topological polar surface area (TPSA) is 75.6 Å². The van der Waals surface area contributed by atoms with Gasteiger partial charge in [0.2, 0.25) is 5.91 Å². The molecule has 0 saturated heterocycles. The molecule has 1 aliphatic carbocycles. The lowest BCUT2D eigenvalue weighted by molar-refractivity contribution is -0.137. The summed E-state index contributed by atoms with van der Waals surface area (Å²) in [5, 5.41) is 11.3. The molecule has 5 nitrogen and oxygen atoms in total. The fraction of sp³-hybridized carbons (Fsp3) is 0.500. The number of amides is 1. The Morgan fingerprint density at radius 3 is 2.43 bits per heavy atom. The van der Waals surface area contributed by atoms with Gasteiger partial charge in [0, 0.05) is 18.5 Å². The number of hydrogen-bond donors (Lipinski definition) is 2. The minimum absolute atomic E-state index is 0.0907. The molecule has 0 heterocycles. The molecule has 1 aromatic carbocycles. The van der Waals surface area contributed by atoms with Crippen molar-refractivity contribution >= 4 is 17.6 Å². The van der Waals surface area contributed by atoms with Gasteiger partial charge >= 0.3 is 5.97 Å². The van der Waals surface area contributed by atoms with Crippen LogP contribution in [0.2, 0.25) is 0 Å². The minimum Gasteiger partial charge on any atom is -0.493 e. The van der Waals surface area contributed by atoms with E-state index in [4.69, 9.17) is 9.84 Å². The summed E-state index contributed by atoms with van der Waals surface area (Å²) in [6, 6.07) is 7.33. The average Bonchev–Trinajstić information content (AvgIpc) is 3.27. The number of rotatable bonds is 9. The van der Waals surface area contributed by atoms with Gasteiger partial charge in [-0.15, -0.1) is 0 Å². The van der Waals surface area contributed by atoms with E-state index in [9.17, 15) is 9.59 Å². The standard InChI is InChI=1S/C16H21NO4/c18-15(3-1-2-4-16(19)20)17-13-7-9-14(10-8-13)21-11-12-5-6-12/h7-10,12H,1-6,11H2,(H,17,18)(H,19,20). The van der Waals surface area contributed by atoms with Crippen molar-refractivity contribution in [1.82, 2.24) is 0 Å². The van der Waals surface area contributed by atoms with Crippen LogP contribution < -0.4 is 10.1 Å². The van der Waals surface area contributed by atoms with E-state index in [1.54, 1.807) is 0 Å². The van der Waals surface area contributed by atoms with Gasteiger partial charge in [0.25, 0.3) is 0 Å². The number of unbranched alkanes of at least 4 members (excludes halogenated alkanes) is 1. The molecule has 0 spiro atoms. The van der Waals surface area contributed by atoms with E-state index in [-0.39, 0.29) is 12.3 Å². The normalized spacial score (nSPS) is 13.7. The quantitative estimate of drug-likeness (QED) is 0.686. The second-order valence-electron chi connectivity index (χ2n) is 5.43. The predicted octanol–water partition coefficient (Wildman–Crippen LogP) is 3.06. The van der Waals surface area contributed by atoms with Crippen LogP contribution in [-0.4, -0.2) is 23.6 Å². The lowest BCUT2D eigenvalue weighted by atomic mass is 10.2. The molecule has 1 aromatic rings. The lowest BCUT2D eigenvalue weighted by Crippen LogP contribution is -2.11. The number of carbonyl (C=O) groups excluding carboxylic acids is 1. The molecular formula is C16H21NO4. The molecule has 1 fully saturated rings. The van der Waals surface area contributed by atoms with Crippen molar-refractivity contribution < 1.29 is 19.4 Å². The van der Waals surface area contributed by atoms with Gasteiger partial charge in [0.05, 0.1) is 6.61 Å². The monoisotopic (exact) mass is 291 g/mol. The molecule has 1 saturated carbocycles. The molecule has 2 N–H and O–H groups in total. The van der Waals surface area contributed by atoms with Crippen LogP contribution in [0, 0.1) is 5.92 Å². The Bertz CT molecular complexity index is 480. The maximum Gasteiger partial charge on any atom is 0.303 e. The van der Waals surface area contributed by atoms with E-state index in [1.165, 1.54) is 12.8 Å². The number of ether oxygens (including phenoxy) is 1. The van der Waals surface area contributed by atoms with Crippen LogP contribution in [0.1, 0.15) is 38.5 Å². The Morgan fingerprint density at radius 2 is 1.81 bits per heavy atom. The second-order valence-corrected chi connectivity index (χ2v) is 5.43. The number of nitrogens with one attached hydrogen (secondary N) is 1. The fourth-order valence-electron chi connectivity index (χ4n) is 1.92. The maximum absolute atomic E-state index is 11.7. The first-order valence-corrected chi connectivity index (χ1v) is 7.38. The highest BCUT2D eigenvalue weighted by Crippen LogP contribution is 2.29. The second kappa shape index (κ2) is 7.67. The molecule has 1 aliphatic rings. The molecule has 2 rings (SSSR count). The van der Waals surface area contributed by atoms with Crippen LogP contribution in [-0.2, 0) is 9.59 Å². The van der Waals surface area contributed by atoms with Gasteiger partial charge in [-0.25, -0.2) is 0 Å². The van der Waals surface area contributed by atoms with Crippen LogP contribution in [0.25, 0.3) is 0 Å². The fourth-order valence-corrected chi connectivity index (χ4v) is 1.92. The summed E-state index contributed by atoms with van der Waals surface area (Å²) >= 11 is 0. The Kier molecular flexibility index (Phi) is 5.60. The van der Waals surface area contributed by atoms with E-state index in [0.29, 0.717) is 19.3 Å². The van der Waals surface area contributed by atoms with Crippen molar-refractivity contribution in [3.05, 3.63) is 24.3 Å². The summed E-state index contributed by atoms with van der Waals surface area (Å²) in [5.74, 6) is 0.626. The van der Waals surface area contributed by atoms with E-state index >= 15 is 0 Å². The number of benzene rings is 1. The summed E-state index contributed by atoms with van der Waals surface area (Å²) in [6.45, 7) is 0.773. The van der Waals surface area contributed by atoms with Crippen LogP contribution >= 0.6 is 0 Å². The highest BCUT2D eigenvalue weighted by atomic mass is 16.5. The zero-order chi connectivity index (χ0) is 15.1. The number of carboxylic acid groups (broad SMARTS) is 1. The van der Waals surface area contributed by atoms with Gasteiger partial charge in [0.15, 0.2) is 0 Å². The molecule has 0 aromatic heterocycles. The number of aliphatic carboxylic acids is 1. The Balaban J connectivity index is 1.66. The number of carbonyl (C=O) groups is 2. The molecule has 114 valence electrons. The van der Waals surface area contributed by atoms with E-state index < -0.39 is 5.97 Å². The molecule has 0 unspecified atom stereocenters. The van der Waals surface area contributed by atoms with Gasteiger partial charge in [-0.3, -0.25) is 9.59 Å². The molecule has 0 bridgehead atoms. The Labute approximate surface area is 124 Å². The van der Waals surface area contributed by atoms with E-state index in [2.05, 4.69) is 5.32 Å². The summed E-state index contributed by atoms with van der Waals surface area (Å²) in [7, 11) is 0. The highest BCUT2D eigenvalue weighted by Gasteiger charge is 2.21. The molecule has 1 amide bonds. The highest BCUT2D eigenvalue weighted by molar-refractivity contribution is 5.90. The van der Waals surface area contributed by atoms with Gasteiger partial charge in [-0.2, -0.15) is 0 Å². The number of anilines is 1. The van der Waals surface area contributed by atoms with Crippen LogP contribution in [0.5, 0.6) is 5.75 Å². The molecule has 0 atom stereocenters. The van der Waals surface area contributed by atoms with Gasteiger partial charge < -0.3 is 15.2 Å². The summed E-state index contributed by atoms with van der Waals surface area (Å²) in [5.41, 5.74) is 0.733. The first-order chi connectivity index (χ1) is 10.1. The SMILES string of the molecule is O=C(O)CCCCC(=O)Nc1ccc(OCC2CC2)cc1. The van der Waals surface area contributed by atoms with Crippen molar-refractivity contribution in [2.75, 3.05) is 11.9 Å². The molecule has 21 heavy (non-hydrogen) atoms. The third-order valence-corrected chi connectivity index (χ3v) is 3.37. The van der Waals surface area contributed by atoms with Gasteiger partial charge in [-0.05, 0) is 55.9 Å². The third kappa shape index (κ3) is 6.29. The van der Waals surface area contributed by atoms with Gasteiger partial charge in [0.1, 0.15) is 5.75 Å². The summed E-state index contributed by atoms with van der Waals surface area (Å²) < 4.78 is 5.62.